The maximum absolute atomic E-state index is 13.1. The van der Waals surface area contributed by atoms with E-state index in [1.165, 1.54) is 19.1 Å². The summed E-state index contributed by atoms with van der Waals surface area (Å²) in [7, 11) is 6.84. The number of hydrogen-bond acceptors (Lipinski definition) is 7. The van der Waals surface area contributed by atoms with Gasteiger partial charge in [-0.2, -0.15) is 0 Å². The summed E-state index contributed by atoms with van der Waals surface area (Å²) >= 11 is 0. The molecule has 0 bridgehead atoms. The molecule has 1 amide bonds. The molecule has 1 fully saturated rings. The summed E-state index contributed by atoms with van der Waals surface area (Å²) in [5, 5.41) is 11.2. The van der Waals surface area contributed by atoms with Gasteiger partial charge in [-0.1, -0.05) is 13.0 Å². The quantitative estimate of drug-likeness (QED) is 0.324. The monoisotopic (exact) mass is 468 g/mol. The molecule has 0 aliphatic carbocycles. The summed E-state index contributed by atoms with van der Waals surface area (Å²) in [6.07, 6.45) is 0.878. The Kier molecular flexibility index (Phi) is 8.17. The molecule has 1 heterocycles. The summed E-state index contributed by atoms with van der Waals surface area (Å²) in [6, 6.07) is 11.3. The molecule has 0 unspecified atom stereocenters. The lowest BCUT2D eigenvalue weighted by Crippen LogP contribution is -2.35. The molecule has 2 aromatic rings. The lowest BCUT2D eigenvalue weighted by molar-refractivity contribution is -0.140. The molecule has 34 heavy (non-hydrogen) atoms. The molecule has 0 saturated carbocycles. The number of carbonyl (C=O) groups excluding carboxylic acids is 2. The third-order valence-electron chi connectivity index (χ3n) is 5.65. The largest absolute Gasteiger partial charge is 0.507 e. The number of ether oxygens (including phenoxy) is 3. The third kappa shape index (κ3) is 5.17. The number of likely N-dealkylation sites (N-methyl/N-ethyl adjacent to an activating group) is 1. The van der Waals surface area contributed by atoms with Crippen molar-refractivity contribution in [3.63, 3.8) is 0 Å². The molecule has 1 aliphatic rings. The highest BCUT2D eigenvalue weighted by Crippen LogP contribution is 2.41. The van der Waals surface area contributed by atoms with Crippen molar-refractivity contribution < 1.29 is 28.9 Å². The maximum Gasteiger partial charge on any atom is 0.295 e. The normalized spacial score (nSPS) is 17.4. The van der Waals surface area contributed by atoms with E-state index in [0.717, 1.165) is 6.42 Å². The molecular weight excluding hydrogens is 436 g/mol. The maximum atomic E-state index is 13.1. The molecule has 8 heteroatoms. The number of amides is 1. The van der Waals surface area contributed by atoms with Gasteiger partial charge >= 0.3 is 0 Å². The molecule has 0 radical (unpaired) electrons. The van der Waals surface area contributed by atoms with E-state index in [4.69, 9.17) is 14.2 Å². The van der Waals surface area contributed by atoms with Gasteiger partial charge in [0.1, 0.15) is 11.5 Å². The molecule has 1 saturated heterocycles. The predicted molar refractivity (Wildman–Crippen MR) is 129 cm³/mol. The van der Waals surface area contributed by atoms with Gasteiger partial charge in [0.15, 0.2) is 11.5 Å². The lowest BCUT2D eigenvalue weighted by Gasteiger charge is -2.27. The zero-order valence-electron chi connectivity index (χ0n) is 20.3. The lowest BCUT2D eigenvalue weighted by atomic mass is 9.95. The van der Waals surface area contributed by atoms with Gasteiger partial charge < -0.3 is 29.1 Å². The summed E-state index contributed by atoms with van der Waals surface area (Å²) in [5.74, 6) is 0.0667. The predicted octanol–water partition coefficient (Wildman–Crippen LogP) is 3.48. The Hall–Kier alpha value is -3.52. The van der Waals surface area contributed by atoms with Crippen LogP contribution in [0.2, 0.25) is 0 Å². The van der Waals surface area contributed by atoms with Crippen molar-refractivity contribution in [3.05, 3.63) is 59.2 Å². The van der Waals surface area contributed by atoms with E-state index in [1.807, 2.05) is 25.9 Å². The zero-order valence-corrected chi connectivity index (χ0v) is 20.3. The fourth-order valence-corrected chi connectivity index (χ4v) is 3.87. The Balaban J connectivity index is 2.10. The van der Waals surface area contributed by atoms with Gasteiger partial charge in [0.2, 0.25) is 0 Å². The molecule has 0 spiro atoms. The van der Waals surface area contributed by atoms with Crippen molar-refractivity contribution in [2.75, 3.05) is 48.0 Å². The van der Waals surface area contributed by atoms with E-state index in [2.05, 4.69) is 0 Å². The topological polar surface area (TPSA) is 88.5 Å². The van der Waals surface area contributed by atoms with Gasteiger partial charge in [0.05, 0.1) is 32.4 Å². The second-order valence-corrected chi connectivity index (χ2v) is 8.28. The second-order valence-electron chi connectivity index (χ2n) is 8.28. The first-order valence-corrected chi connectivity index (χ1v) is 11.2. The van der Waals surface area contributed by atoms with Crippen LogP contribution in [0.3, 0.4) is 0 Å². The van der Waals surface area contributed by atoms with Crippen LogP contribution in [0.25, 0.3) is 5.76 Å². The van der Waals surface area contributed by atoms with Crippen molar-refractivity contribution >= 4 is 17.4 Å². The fraction of sp³-hybridized carbons (Fsp3) is 0.385. The highest BCUT2D eigenvalue weighted by molar-refractivity contribution is 6.46. The Morgan fingerprint density at radius 1 is 1.03 bits per heavy atom. The van der Waals surface area contributed by atoms with E-state index in [9.17, 15) is 14.7 Å². The SMILES string of the molecule is CCCOc1ccc(C(O)=C2C(=O)C(=O)N(CCN(C)C)[C@H]2c2ccc(OC)c(OC)c2)cc1. The Morgan fingerprint density at radius 2 is 1.71 bits per heavy atom. The standard InChI is InChI=1S/C26H32N2O6/c1-6-15-34-19-10-7-17(8-11-19)24(29)22-23(18-9-12-20(32-4)21(16-18)33-5)28(14-13-27(2)3)26(31)25(22)30/h7-12,16,23,29H,6,13-15H2,1-5H3/t23-/m0/s1. The first-order chi connectivity index (χ1) is 16.3. The van der Waals surface area contributed by atoms with Crippen LogP contribution in [0, 0.1) is 0 Å². The van der Waals surface area contributed by atoms with E-state index in [-0.39, 0.29) is 11.3 Å². The van der Waals surface area contributed by atoms with Crippen LogP contribution < -0.4 is 14.2 Å². The average molecular weight is 469 g/mol. The second kappa shape index (κ2) is 11.1. The molecule has 1 aliphatic heterocycles. The number of rotatable bonds is 10. The Bertz CT molecular complexity index is 1060. The third-order valence-corrected chi connectivity index (χ3v) is 5.65. The molecule has 8 nitrogen and oxygen atoms in total. The van der Waals surface area contributed by atoms with Crippen molar-refractivity contribution in [2.45, 2.75) is 19.4 Å². The van der Waals surface area contributed by atoms with E-state index in [1.54, 1.807) is 42.5 Å². The Labute approximate surface area is 200 Å². The van der Waals surface area contributed by atoms with Crippen molar-refractivity contribution in [1.29, 1.82) is 0 Å². The molecule has 1 atom stereocenters. The van der Waals surface area contributed by atoms with Crippen LogP contribution >= 0.6 is 0 Å². The van der Waals surface area contributed by atoms with E-state index >= 15 is 0 Å². The molecule has 3 rings (SSSR count). The number of aliphatic hydroxyl groups excluding tert-OH is 1. The summed E-state index contributed by atoms with van der Waals surface area (Å²) in [6.45, 7) is 3.47. The number of hydrogen-bond donors (Lipinski definition) is 1. The molecular formula is C26H32N2O6. The highest BCUT2D eigenvalue weighted by atomic mass is 16.5. The van der Waals surface area contributed by atoms with Crippen LogP contribution in [0.5, 0.6) is 17.2 Å². The number of nitrogens with zero attached hydrogens (tertiary/aromatic N) is 2. The highest BCUT2D eigenvalue weighted by Gasteiger charge is 2.46. The van der Waals surface area contributed by atoms with Crippen LogP contribution in [0.4, 0.5) is 0 Å². The summed E-state index contributed by atoms with van der Waals surface area (Å²) in [5.41, 5.74) is 1.11. The van der Waals surface area contributed by atoms with Gasteiger partial charge in [-0.3, -0.25) is 9.59 Å². The number of likely N-dealkylation sites (tertiary alicyclic amines) is 1. The minimum absolute atomic E-state index is 0.0400. The fourth-order valence-electron chi connectivity index (χ4n) is 3.87. The van der Waals surface area contributed by atoms with E-state index in [0.29, 0.717) is 48.1 Å². The first-order valence-electron chi connectivity index (χ1n) is 11.2. The number of ketones is 1. The van der Waals surface area contributed by atoms with Gasteiger partial charge in [-0.15, -0.1) is 0 Å². The summed E-state index contributed by atoms with van der Waals surface area (Å²) in [4.78, 5) is 29.6. The van der Waals surface area contributed by atoms with Gasteiger partial charge in [0, 0.05) is 18.7 Å². The van der Waals surface area contributed by atoms with Gasteiger partial charge in [-0.25, -0.2) is 0 Å². The average Bonchev–Trinajstić information content (AvgIpc) is 3.10. The number of methoxy groups -OCH3 is 2. The summed E-state index contributed by atoms with van der Waals surface area (Å²) < 4.78 is 16.4. The molecule has 2 aromatic carbocycles. The number of carbonyl (C=O) groups is 2. The molecule has 0 aromatic heterocycles. The van der Waals surface area contributed by atoms with Crippen LogP contribution in [0.15, 0.2) is 48.0 Å². The van der Waals surface area contributed by atoms with Crippen molar-refractivity contribution in [2.24, 2.45) is 0 Å². The van der Waals surface area contributed by atoms with Crippen LogP contribution in [-0.2, 0) is 9.59 Å². The van der Waals surface area contributed by atoms with Crippen molar-refractivity contribution in [3.8, 4) is 17.2 Å². The van der Waals surface area contributed by atoms with Crippen LogP contribution in [-0.4, -0.2) is 74.6 Å². The van der Waals surface area contributed by atoms with Gasteiger partial charge in [0.25, 0.3) is 11.7 Å². The number of benzene rings is 2. The van der Waals surface area contributed by atoms with Crippen LogP contribution in [0.1, 0.15) is 30.5 Å². The van der Waals surface area contributed by atoms with Gasteiger partial charge in [-0.05, 0) is 62.5 Å². The zero-order chi connectivity index (χ0) is 24.8. The Morgan fingerprint density at radius 3 is 2.29 bits per heavy atom. The molecule has 1 N–H and O–H groups in total. The van der Waals surface area contributed by atoms with Crippen molar-refractivity contribution in [1.82, 2.24) is 9.80 Å². The smallest absolute Gasteiger partial charge is 0.295 e. The first kappa shape index (κ1) is 25.1. The number of Topliss-reactive ketones (excluding diaryl/α,β-unsaturated/α-hetero) is 1. The van der Waals surface area contributed by atoms with E-state index < -0.39 is 17.7 Å². The number of aliphatic hydroxyl groups is 1. The minimum Gasteiger partial charge on any atom is -0.507 e. The minimum atomic E-state index is -0.768. The molecule has 182 valence electrons.